The zero-order chi connectivity index (χ0) is 8.82. The van der Waals surface area contributed by atoms with E-state index in [0.717, 1.165) is 0 Å². The predicted molar refractivity (Wildman–Crippen MR) is 40.8 cm³/mol. The minimum atomic E-state index is -0.979. The molecule has 2 N–H and O–H groups in total. The first-order chi connectivity index (χ1) is 5.60. The summed E-state index contributed by atoms with van der Waals surface area (Å²) in [6, 6.07) is 0. The van der Waals surface area contributed by atoms with Crippen molar-refractivity contribution < 1.29 is 19.7 Å². The Labute approximate surface area is 71.9 Å². The quantitative estimate of drug-likeness (QED) is 0.465. The molecule has 2 aliphatic rings. The summed E-state index contributed by atoms with van der Waals surface area (Å²) < 4.78 is 10.5. The first-order valence-electron chi connectivity index (χ1n) is 3.96. The molecule has 3 atom stereocenters. The second kappa shape index (κ2) is 2.45. The van der Waals surface area contributed by atoms with Crippen LogP contribution in [0.4, 0.5) is 0 Å². The van der Waals surface area contributed by atoms with E-state index in [1.54, 1.807) is 0 Å². The fourth-order valence-corrected chi connectivity index (χ4v) is 1.82. The summed E-state index contributed by atoms with van der Waals surface area (Å²) in [6.45, 7) is 0.239. The standard InChI is InChI=1S/C7H11BO4/c8-7-1-5(10)6(2-9,12-7)3-11-4-7/h5,9-10H,1-4H2/t5-,6-,7-/m1/s1. The van der Waals surface area contributed by atoms with Crippen LogP contribution in [0.5, 0.6) is 0 Å². The van der Waals surface area contributed by atoms with Gasteiger partial charge in [-0.2, -0.15) is 0 Å². The van der Waals surface area contributed by atoms with Gasteiger partial charge in [0.15, 0.2) is 0 Å². The zero-order valence-corrected chi connectivity index (χ0v) is 6.69. The van der Waals surface area contributed by atoms with Crippen molar-refractivity contribution in [2.45, 2.75) is 23.6 Å². The van der Waals surface area contributed by atoms with E-state index in [9.17, 15) is 5.11 Å². The van der Waals surface area contributed by atoms with Gasteiger partial charge in [-0.15, -0.1) is 0 Å². The largest absolute Gasteiger partial charge is 0.393 e. The van der Waals surface area contributed by atoms with E-state index < -0.39 is 17.2 Å². The van der Waals surface area contributed by atoms with Crippen LogP contribution in [0.3, 0.4) is 0 Å². The second-order valence-electron chi connectivity index (χ2n) is 3.60. The van der Waals surface area contributed by atoms with Gasteiger partial charge in [0, 0.05) is 0 Å². The molecule has 66 valence electrons. The number of aliphatic hydroxyl groups excluding tert-OH is 2. The molecule has 2 fully saturated rings. The second-order valence-corrected chi connectivity index (χ2v) is 3.60. The van der Waals surface area contributed by atoms with Crippen molar-refractivity contribution in [1.82, 2.24) is 0 Å². The molecular weight excluding hydrogens is 159 g/mol. The van der Waals surface area contributed by atoms with Crippen LogP contribution in [0, 0.1) is 0 Å². The van der Waals surface area contributed by atoms with Crippen LogP contribution in [0.1, 0.15) is 6.42 Å². The summed E-state index contributed by atoms with van der Waals surface area (Å²) in [5, 5.41) is 18.6. The minimum absolute atomic E-state index is 0.212. The number of hydrogen-bond donors (Lipinski definition) is 2. The van der Waals surface area contributed by atoms with Gasteiger partial charge in [0.25, 0.3) is 0 Å². The molecule has 2 rings (SSSR count). The van der Waals surface area contributed by atoms with Crippen LogP contribution >= 0.6 is 0 Å². The highest BCUT2D eigenvalue weighted by molar-refractivity contribution is 6.15. The fraction of sp³-hybridized carbons (Fsp3) is 1.00. The molecule has 0 saturated carbocycles. The Morgan fingerprint density at radius 2 is 2.25 bits per heavy atom. The molecule has 0 aromatic rings. The van der Waals surface area contributed by atoms with Crippen molar-refractivity contribution in [3.8, 4) is 0 Å². The molecule has 0 unspecified atom stereocenters. The Bertz CT molecular complexity index is 200. The molecule has 2 saturated heterocycles. The molecule has 2 radical (unpaired) electrons. The van der Waals surface area contributed by atoms with Crippen molar-refractivity contribution in [1.29, 1.82) is 0 Å². The zero-order valence-electron chi connectivity index (χ0n) is 6.69. The van der Waals surface area contributed by atoms with Crippen molar-refractivity contribution in [3.05, 3.63) is 0 Å². The Kier molecular flexibility index (Phi) is 1.73. The lowest BCUT2D eigenvalue weighted by Gasteiger charge is -2.37. The van der Waals surface area contributed by atoms with Crippen LogP contribution < -0.4 is 0 Å². The van der Waals surface area contributed by atoms with Crippen molar-refractivity contribution >= 4 is 7.85 Å². The van der Waals surface area contributed by atoms with Gasteiger partial charge >= 0.3 is 0 Å². The molecule has 0 spiro atoms. The lowest BCUT2D eigenvalue weighted by molar-refractivity contribution is -0.207. The van der Waals surface area contributed by atoms with Gasteiger partial charge in [0.1, 0.15) is 13.4 Å². The van der Waals surface area contributed by atoms with Crippen molar-refractivity contribution in [2.24, 2.45) is 0 Å². The Morgan fingerprint density at radius 3 is 2.83 bits per heavy atom. The number of rotatable bonds is 1. The summed E-state index contributed by atoms with van der Waals surface area (Å²) in [6.07, 6.45) is -0.400. The average molecular weight is 170 g/mol. The number of aliphatic hydroxyl groups is 2. The summed E-state index contributed by atoms with van der Waals surface area (Å²) in [5.41, 5.74) is -1.88. The Balaban J connectivity index is 2.25. The van der Waals surface area contributed by atoms with E-state index in [1.807, 2.05) is 0 Å². The molecule has 4 nitrogen and oxygen atoms in total. The van der Waals surface area contributed by atoms with E-state index in [1.165, 1.54) is 0 Å². The van der Waals surface area contributed by atoms with Crippen LogP contribution in [0.2, 0.25) is 0 Å². The van der Waals surface area contributed by atoms with Gasteiger partial charge in [-0.1, -0.05) is 0 Å². The number of fused-ring (bicyclic) bond motifs is 2. The lowest BCUT2D eigenvalue weighted by atomic mass is 9.79. The third kappa shape index (κ3) is 1.01. The van der Waals surface area contributed by atoms with E-state index in [4.69, 9.17) is 22.4 Å². The maximum Gasteiger partial charge on any atom is 0.140 e. The number of hydrogen-bond acceptors (Lipinski definition) is 4. The first-order valence-corrected chi connectivity index (χ1v) is 3.96. The highest BCUT2D eigenvalue weighted by Crippen LogP contribution is 2.40. The van der Waals surface area contributed by atoms with Crippen molar-refractivity contribution in [2.75, 3.05) is 19.8 Å². The SMILES string of the molecule is [B][C@@]12COC[C@@](CO)(O1)[C@H](O)C2. The summed E-state index contributed by atoms with van der Waals surface area (Å²) in [5.74, 6) is 0. The van der Waals surface area contributed by atoms with Crippen molar-refractivity contribution in [3.63, 3.8) is 0 Å². The highest BCUT2D eigenvalue weighted by atomic mass is 16.6. The van der Waals surface area contributed by atoms with Crippen LogP contribution in [0.25, 0.3) is 0 Å². The molecule has 0 aromatic heterocycles. The molecule has 2 aliphatic heterocycles. The molecule has 0 aromatic carbocycles. The maximum atomic E-state index is 9.57. The topological polar surface area (TPSA) is 58.9 Å². The molecule has 0 aliphatic carbocycles. The first kappa shape index (κ1) is 8.50. The van der Waals surface area contributed by atoms with Crippen LogP contribution in [0.15, 0.2) is 0 Å². The highest BCUT2D eigenvalue weighted by Gasteiger charge is 2.56. The smallest absolute Gasteiger partial charge is 0.140 e. The molecule has 5 heteroatoms. The van der Waals surface area contributed by atoms with Gasteiger partial charge in [-0.3, -0.25) is 0 Å². The predicted octanol–water partition coefficient (Wildman–Crippen LogP) is -1.61. The molecular formula is C7H11BO4. The molecule has 12 heavy (non-hydrogen) atoms. The maximum absolute atomic E-state index is 9.57. The lowest BCUT2D eigenvalue weighted by Crippen LogP contribution is -2.53. The van der Waals surface area contributed by atoms with E-state index in [0.29, 0.717) is 6.42 Å². The van der Waals surface area contributed by atoms with Gasteiger partial charge in [0.05, 0.1) is 31.4 Å². The average Bonchev–Trinajstić information content (AvgIpc) is 2.19. The van der Waals surface area contributed by atoms with Crippen LogP contribution in [-0.2, 0) is 9.47 Å². The number of ether oxygens (including phenoxy) is 2. The monoisotopic (exact) mass is 170 g/mol. The Hall–Kier alpha value is -0.0951. The third-order valence-electron chi connectivity index (χ3n) is 2.51. The van der Waals surface area contributed by atoms with E-state index in [-0.39, 0.29) is 19.8 Å². The fourth-order valence-electron chi connectivity index (χ4n) is 1.82. The summed E-state index contributed by atoms with van der Waals surface area (Å²) in [4.78, 5) is 0. The van der Waals surface area contributed by atoms with E-state index >= 15 is 0 Å². The minimum Gasteiger partial charge on any atom is -0.393 e. The van der Waals surface area contributed by atoms with Gasteiger partial charge < -0.3 is 19.7 Å². The third-order valence-corrected chi connectivity index (χ3v) is 2.51. The van der Waals surface area contributed by atoms with Gasteiger partial charge in [-0.05, 0) is 6.42 Å². The molecule has 2 heterocycles. The molecule has 0 amide bonds. The summed E-state index contributed by atoms with van der Waals surface area (Å²) in [7, 11) is 5.73. The molecule has 2 bridgehead atoms. The van der Waals surface area contributed by atoms with Gasteiger partial charge in [0.2, 0.25) is 0 Å². The normalized spacial score (nSPS) is 52.7. The van der Waals surface area contributed by atoms with Crippen LogP contribution in [-0.4, -0.2) is 55.1 Å². The van der Waals surface area contributed by atoms with E-state index in [2.05, 4.69) is 0 Å². The van der Waals surface area contributed by atoms with Gasteiger partial charge in [-0.25, -0.2) is 0 Å². The Morgan fingerprint density at radius 1 is 1.50 bits per heavy atom. The summed E-state index contributed by atoms with van der Waals surface area (Å²) >= 11 is 0.